The van der Waals surface area contributed by atoms with Gasteiger partial charge in [0.1, 0.15) is 0 Å². The number of hydrogen-bond acceptors (Lipinski definition) is 0. The van der Waals surface area contributed by atoms with Crippen LogP contribution in [0.15, 0.2) is 21.6 Å². The second-order valence-electron chi connectivity index (χ2n) is 1.77. The third-order valence-electron chi connectivity index (χ3n) is 1.17. The summed E-state index contributed by atoms with van der Waals surface area (Å²) < 4.78 is 1.51. The minimum Gasteiger partial charge on any atom is -0.147 e. The van der Waals surface area contributed by atoms with Crippen molar-refractivity contribution >= 4 is 24.8 Å². The largest absolute Gasteiger partial charge is 0.147 e. The summed E-state index contributed by atoms with van der Waals surface area (Å²) in [6.45, 7) is 2.15. The van der Waals surface area contributed by atoms with E-state index in [4.69, 9.17) is 0 Å². The average molecular weight is 200 g/mol. The molecule has 0 atom stereocenters. The molecule has 3 heteroatoms. The summed E-state index contributed by atoms with van der Waals surface area (Å²) >= 11 is 2.18. The smallest absolute Gasteiger partial charge is 0.147 e. The molecule has 0 aromatic heterocycles. The fourth-order valence-corrected chi connectivity index (χ4v) is 0.929. The Labute approximate surface area is 80.0 Å². The monoisotopic (exact) mass is 199 g/mol. The van der Waals surface area contributed by atoms with Crippen molar-refractivity contribution < 1.29 is 20.4 Å². The number of allylic oxidation sites excluding steroid dienone is 4. The Balaban J connectivity index is 0. The molecule has 0 bridgehead atoms. The van der Waals surface area contributed by atoms with Crippen LogP contribution in [0.1, 0.15) is 13.3 Å². The van der Waals surface area contributed by atoms with Gasteiger partial charge < -0.3 is 0 Å². The quantitative estimate of drug-likeness (QED) is 0.527. The second kappa shape index (κ2) is 5.55. The van der Waals surface area contributed by atoms with Gasteiger partial charge in [0.05, 0.1) is 0 Å². The first-order chi connectivity index (χ1) is 3.30. The molecule has 0 nitrogen and oxygen atoms in total. The minimum atomic E-state index is 0. The molecule has 1 rings (SSSR count). The predicted molar refractivity (Wildman–Crippen MR) is 41.0 cm³/mol. The summed E-state index contributed by atoms with van der Waals surface area (Å²) in [5.41, 5.74) is 1.44. The standard InChI is InChI=1S/C6H7.2ClH.Ti/c1-6-4-2-3-5-6;;;/h2,4H,3H2,1H3;2*1H;. The van der Waals surface area contributed by atoms with E-state index < -0.39 is 0 Å². The number of halogens is 2. The van der Waals surface area contributed by atoms with E-state index in [9.17, 15) is 0 Å². The molecule has 51 valence electrons. The molecular formula is C6H9Cl2Ti. The maximum absolute atomic E-state index is 2.20. The molecule has 0 spiro atoms. The van der Waals surface area contributed by atoms with Gasteiger partial charge in [-0.1, -0.05) is 0 Å². The molecule has 0 unspecified atom stereocenters. The Kier molecular flexibility index (Phi) is 7.68. The zero-order valence-corrected chi connectivity index (χ0v) is 8.37. The summed E-state index contributed by atoms with van der Waals surface area (Å²) in [4.78, 5) is 0. The maximum atomic E-state index is 2.20. The molecule has 0 aliphatic heterocycles. The SMILES string of the molecule is CC1=[C]([Ti])CC=C1.Cl.Cl. The van der Waals surface area contributed by atoms with Crippen molar-refractivity contribution in [3.8, 4) is 0 Å². The first-order valence-corrected chi connectivity index (χ1v) is 3.16. The molecule has 1 aliphatic carbocycles. The van der Waals surface area contributed by atoms with Crippen molar-refractivity contribution in [1.82, 2.24) is 0 Å². The molecule has 1 aliphatic rings. The fourth-order valence-electron chi connectivity index (χ4n) is 0.615. The van der Waals surface area contributed by atoms with Crippen LogP contribution in [0.4, 0.5) is 0 Å². The van der Waals surface area contributed by atoms with Crippen LogP contribution < -0.4 is 0 Å². The molecule has 0 saturated heterocycles. The van der Waals surface area contributed by atoms with E-state index >= 15 is 0 Å². The van der Waals surface area contributed by atoms with E-state index in [0.29, 0.717) is 0 Å². The molecule has 0 amide bonds. The summed E-state index contributed by atoms with van der Waals surface area (Å²) in [7, 11) is 0. The topological polar surface area (TPSA) is 0 Å². The molecule has 0 aromatic carbocycles. The summed E-state index contributed by atoms with van der Waals surface area (Å²) in [6.07, 6.45) is 5.55. The Morgan fingerprint density at radius 1 is 1.44 bits per heavy atom. The Morgan fingerprint density at radius 3 is 2.11 bits per heavy atom. The summed E-state index contributed by atoms with van der Waals surface area (Å²) in [6, 6.07) is 0. The average Bonchev–Trinajstić information content (AvgIpc) is 1.91. The van der Waals surface area contributed by atoms with Gasteiger partial charge in [0.2, 0.25) is 0 Å². The first-order valence-electron chi connectivity index (χ1n) is 2.38. The van der Waals surface area contributed by atoms with E-state index in [1.165, 1.54) is 15.9 Å². The molecule has 0 heterocycles. The zero-order valence-electron chi connectivity index (χ0n) is 5.18. The third kappa shape index (κ3) is 3.47. The van der Waals surface area contributed by atoms with Crippen molar-refractivity contribution in [2.45, 2.75) is 13.3 Å². The molecule has 0 fully saturated rings. The van der Waals surface area contributed by atoms with Gasteiger partial charge in [0.15, 0.2) is 0 Å². The van der Waals surface area contributed by atoms with E-state index in [1.807, 2.05) is 0 Å². The normalized spacial score (nSPS) is 14.7. The van der Waals surface area contributed by atoms with Gasteiger partial charge in [-0.2, -0.15) is 0 Å². The molecular weight excluding hydrogens is 191 g/mol. The van der Waals surface area contributed by atoms with E-state index in [2.05, 4.69) is 39.5 Å². The summed E-state index contributed by atoms with van der Waals surface area (Å²) in [5, 5.41) is 0. The van der Waals surface area contributed by atoms with Crippen molar-refractivity contribution in [2.75, 3.05) is 0 Å². The Bertz CT molecular complexity index is 138. The fraction of sp³-hybridized carbons (Fsp3) is 0.333. The third-order valence-corrected chi connectivity index (χ3v) is 2.10. The van der Waals surface area contributed by atoms with Crippen LogP contribution in [0, 0.1) is 0 Å². The van der Waals surface area contributed by atoms with E-state index in [-0.39, 0.29) is 24.8 Å². The zero-order chi connectivity index (χ0) is 5.28. The first kappa shape index (κ1) is 12.5. The van der Waals surface area contributed by atoms with Gasteiger partial charge in [-0.3, -0.25) is 0 Å². The Morgan fingerprint density at radius 2 is 2.00 bits per heavy atom. The summed E-state index contributed by atoms with van der Waals surface area (Å²) in [5.74, 6) is 0. The van der Waals surface area contributed by atoms with Gasteiger partial charge >= 0.3 is 55.4 Å². The number of rotatable bonds is 0. The van der Waals surface area contributed by atoms with Crippen LogP contribution in [-0.2, 0) is 20.4 Å². The van der Waals surface area contributed by atoms with Crippen LogP contribution in [0.25, 0.3) is 0 Å². The van der Waals surface area contributed by atoms with Crippen LogP contribution in [0.3, 0.4) is 0 Å². The van der Waals surface area contributed by atoms with E-state index in [1.54, 1.807) is 0 Å². The van der Waals surface area contributed by atoms with Crippen LogP contribution >= 0.6 is 24.8 Å². The Hall–Kier alpha value is 0.774. The van der Waals surface area contributed by atoms with Gasteiger partial charge in [-0.05, 0) is 0 Å². The van der Waals surface area contributed by atoms with Crippen molar-refractivity contribution in [1.29, 1.82) is 0 Å². The van der Waals surface area contributed by atoms with Gasteiger partial charge in [-0.25, -0.2) is 0 Å². The molecule has 0 radical (unpaired) electrons. The van der Waals surface area contributed by atoms with Crippen LogP contribution in [-0.4, -0.2) is 0 Å². The van der Waals surface area contributed by atoms with Gasteiger partial charge in [0.25, 0.3) is 0 Å². The van der Waals surface area contributed by atoms with E-state index in [0.717, 1.165) is 0 Å². The van der Waals surface area contributed by atoms with Gasteiger partial charge in [-0.15, -0.1) is 24.8 Å². The molecule has 0 aromatic rings. The second-order valence-corrected chi connectivity index (χ2v) is 2.71. The molecule has 0 saturated carbocycles. The minimum absolute atomic E-state index is 0. The van der Waals surface area contributed by atoms with Crippen LogP contribution in [0.5, 0.6) is 0 Å². The van der Waals surface area contributed by atoms with Crippen molar-refractivity contribution in [2.24, 2.45) is 0 Å². The van der Waals surface area contributed by atoms with Crippen molar-refractivity contribution in [3.05, 3.63) is 21.6 Å². The van der Waals surface area contributed by atoms with Crippen LogP contribution in [0.2, 0.25) is 0 Å². The number of hydrogen-bond donors (Lipinski definition) is 0. The molecule has 9 heavy (non-hydrogen) atoms. The van der Waals surface area contributed by atoms with Crippen molar-refractivity contribution in [3.63, 3.8) is 0 Å². The maximum Gasteiger partial charge on any atom is -0.147 e. The predicted octanol–water partition coefficient (Wildman–Crippen LogP) is 2.61. The molecule has 0 N–H and O–H groups in total. The van der Waals surface area contributed by atoms with Gasteiger partial charge in [0, 0.05) is 0 Å².